The van der Waals surface area contributed by atoms with Gasteiger partial charge in [-0.2, -0.15) is 0 Å². The Morgan fingerprint density at radius 1 is 0.923 bits per heavy atom. The van der Waals surface area contributed by atoms with Gasteiger partial charge in [0.15, 0.2) is 0 Å². The quantitative estimate of drug-likeness (QED) is 0.586. The predicted molar refractivity (Wildman–Crippen MR) is 111 cm³/mol. The lowest BCUT2D eigenvalue weighted by atomic mass is 9.96. The summed E-state index contributed by atoms with van der Waals surface area (Å²) >= 11 is 2.22. The van der Waals surface area contributed by atoms with Crippen LogP contribution in [0.2, 0.25) is 0 Å². The van der Waals surface area contributed by atoms with E-state index in [1.165, 1.54) is 19.3 Å². The predicted octanol–water partition coefficient (Wildman–Crippen LogP) is 3.92. The molecule has 1 aromatic carbocycles. The summed E-state index contributed by atoms with van der Waals surface area (Å²) in [6, 6.07) is 8.08. The molecular weight excluding hydrogens is 443 g/mol. The number of likely N-dealkylation sites (tertiary alicyclic amines) is 1. The van der Waals surface area contributed by atoms with Gasteiger partial charge in [0.25, 0.3) is 0 Å². The lowest BCUT2D eigenvalue weighted by molar-refractivity contribution is 0.186. The highest BCUT2D eigenvalue weighted by Gasteiger charge is 2.25. The van der Waals surface area contributed by atoms with Crippen LogP contribution in [0.3, 0.4) is 0 Å². The number of piperidine rings is 1. The van der Waals surface area contributed by atoms with Crippen molar-refractivity contribution < 1.29 is 9.59 Å². The van der Waals surface area contributed by atoms with Crippen molar-refractivity contribution in [1.82, 2.24) is 15.5 Å². The highest BCUT2D eigenvalue weighted by Crippen LogP contribution is 2.19. The molecule has 4 amide bonds. The monoisotopic (exact) mass is 470 g/mol. The second-order valence-electron chi connectivity index (χ2n) is 7.12. The zero-order valence-electron chi connectivity index (χ0n) is 15.0. The smallest absolute Gasteiger partial charge is 0.321 e. The highest BCUT2D eigenvalue weighted by molar-refractivity contribution is 14.1. The molecule has 3 rings (SSSR count). The summed E-state index contributed by atoms with van der Waals surface area (Å²) < 4.78 is 1.02. The molecular formula is C19H27IN4O2. The van der Waals surface area contributed by atoms with Gasteiger partial charge in [-0.1, -0.05) is 31.4 Å². The first kappa shape index (κ1) is 19.3. The molecule has 3 N–H and O–H groups in total. The van der Waals surface area contributed by atoms with Gasteiger partial charge in [-0.25, -0.2) is 9.59 Å². The molecule has 0 bridgehead atoms. The van der Waals surface area contributed by atoms with Gasteiger partial charge in [-0.05, 0) is 60.4 Å². The summed E-state index contributed by atoms with van der Waals surface area (Å²) in [6.07, 6.45) is 7.45. The van der Waals surface area contributed by atoms with Crippen LogP contribution < -0.4 is 16.0 Å². The van der Waals surface area contributed by atoms with Crippen molar-refractivity contribution >= 4 is 40.3 Å². The number of carbonyl (C=O) groups is 2. The van der Waals surface area contributed by atoms with E-state index in [1.54, 1.807) is 0 Å². The number of benzene rings is 1. The van der Waals surface area contributed by atoms with E-state index >= 15 is 0 Å². The summed E-state index contributed by atoms with van der Waals surface area (Å²) in [4.78, 5) is 26.4. The Kier molecular flexibility index (Phi) is 6.99. The maximum Gasteiger partial charge on any atom is 0.321 e. The van der Waals surface area contributed by atoms with Crippen molar-refractivity contribution in [3.63, 3.8) is 0 Å². The number of hydrogen-bond donors (Lipinski definition) is 3. The fourth-order valence-electron chi connectivity index (χ4n) is 3.64. The average Bonchev–Trinajstić information content (AvgIpc) is 2.65. The van der Waals surface area contributed by atoms with Gasteiger partial charge in [0, 0.05) is 28.7 Å². The number of nitrogens with one attached hydrogen (secondary N) is 3. The average molecular weight is 470 g/mol. The van der Waals surface area contributed by atoms with Gasteiger partial charge < -0.3 is 20.9 Å². The van der Waals surface area contributed by atoms with Crippen LogP contribution in [0, 0.1) is 3.57 Å². The van der Waals surface area contributed by atoms with Gasteiger partial charge in [0.05, 0.1) is 5.69 Å². The molecule has 0 aromatic heterocycles. The first-order valence-corrected chi connectivity index (χ1v) is 10.6. The van der Waals surface area contributed by atoms with Crippen LogP contribution in [-0.2, 0) is 0 Å². The molecule has 26 heavy (non-hydrogen) atoms. The molecule has 1 aliphatic carbocycles. The van der Waals surface area contributed by atoms with Crippen molar-refractivity contribution in [3.8, 4) is 0 Å². The van der Waals surface area contributed by atoms with Crippen LogP contribution in [0.25, 0.3) is 0 Å². The Bertz CT molecular complexity index is 626. The van der Waals surface area contributed by atoms with Crippen LogP contribution in [0.4, 0.5) is 15.3 Å². The van der Waals surface area contributed by atoms with Crippen LogP contribution >= 0.6 is 22.6 Å². The number of carbonyl (C=O) groups excluding carboxylic acids is 2. The molecule has 1 aromatic rings. The molecule has 0 unspecified atom stereocenters. The molecule has 0 atom stereocenters. The van der Waals surface area contributed by atoms with Crippen LogP contribution in [0.5, 0.6) is 0 Å². The maximum absolute atomic E-state index is 12.4. The highest BCUT2D eigenvalue weighted by atomic mass is 127. The fraction of sp³-hybridized carbons (Fsp3) is 0.579. The van der Waals surface area contributed by atoms with Crippen LogP contribution in [0.1, 0.15) is 44.9 Å². The second kappa shape index (κ2) is 9.43. The van der Waals surface area contributed by atoms with Gasteiger partial charge in [-0.3, -0.25) is 0 Å². The van der Waals surface area contributed by atoms with E-state index in [0.29, 0.717) is 19.1 Å². The minimum absolute atomic E-state index is 0.0568. The summed E-state index contributed by atoms with van der Waals surface area (Å²) in [7, 11) is 0. The van der Waals surface area contributed by atoms with E-state index in [0.717, 1.165) is 34.9 Å². The van der Waals surface area contributed by atoms with E-state index < -0.39 is 0 Å². The Labute approximate surface area is 168 Å². The molecule has 0 radical (unpaired) electrons. The van der Waals surface area contributed by atoms with Gasteiger partial charge in [0.2, 0.25) is 0 Å². The van der Waals surface area contributed by atoms with Crippen molar-refractivity contribution in [3.05, 3.63) is 27.8 Å². The van der Waals surface area contributed by atoms with E-state index in [2.05, 4.69) is 38.5 Å². The van der Waals surface area contributed by atoms with Gasteiger partial charge in [0.1, 0.15) is 0 Å². The number of nitrogens with zero attached hydrogens (tertiary/aromatic N) is 1. The molecule has 7 heteroatoms. The summed E-state index contributed by atoms with van der Waals surface area (Å²) in [5.74, 6) is 0. The van der Waals surface area contributed by atoms with Gasteiger partial charge >= 0.3 is 12.1 Å². The summed E-state index contributed by atoms with van der Waals surface area (Å²) in [5, 5.41) is 9.14. The van der Waals surface area contributed by atoms with Crippen LogP contribution in [0.15, 0.2) is 24.3 Å². The third kappa shape index (κ3) is 5.49. The Balaban J connectivity index is 1.40. The molecule has 1 heterocycles. The first-order chi connectivity index (χ1) is 12.6. The van der Waals surface area contributed by atoms with E-state index in [4.69, 9.17) is 0 Å². The molecule has 6 nitrogen and oxygen atoms in total. The zero-order chi connectivity index (χ0) is 18.4. The van der Waals surface area contributed by atoms with E-state index in [1.807, 2.05) is 29.2 Å². The third-order valence-electron chi connectivity index (χ3n) is 5.17. The van der Waals surface area contributed by atoms with Crippen molar-refractivity contribution in [1.29, 1.82) is 0 Å². The number of para-hydroxylation sites is 1. The molecule has 1 saturated heterocycles. The van der Waals surface area contributed by atoms with Crippen molar-refractivity contribution in [2.24, 2.45) is 0 Å². The fourth-order valence-corrected chi connectivity index (χ4v) is 4.17. The maximum atomic E-state index is 12.4. The SMILES string of the molecule is O=C(NC1CCCCC1)NC1CCN(C(=O)Nc2ccccc2I)CC1. The van der Waals surface area contributed by atoms with Crippen molar-refractivity contribution in [2.45, 2.75) is 57.0 Å². The van der Waals surface area contributed by atoms with E-state index in [-0.39, 0.29) is 18.1 Å². The number of amides is 4. The number of urea groups is 2. The molecule has 142 valence electrons. The summed E-state index contributed by atoms with van der Waals surface area (Å²) in [6.45, 7) is 1.31. The Morgan fingerprint density at radius 3 is 2.19 bits per heavy atom. The number of hydrogen-bond acceptors (Lipinski definition) is 2. The normalized spacial score (nSPS) is 19.0. The lowest BCUT2D eigenvalue weighted by Gasteiger charge is -2.33. The second-order valence-corrected chi connectivity index (χ2v) is 8.29. The molecule has 0 spiro atoms. The zero-order valence-corrected chi connectivity index (χ0v) is 17.1. The van der Waals surface area contributed by atoms with Crippen LogP contribution in [-0.4, -0.2) is 42.1 Å². The van der Waals surface area contributed by atoms with E-state index in [9.17, 15) is 9.59 Å². The first-order valence-electron chi connectivity index (χ1n) is 9.49. The number of anilines is 1. The largest absolute Gasteiger partial charge is 0.335 e. The number of rotatable bonds is 3. The number of halogens is 1. The summed E-state index contributed by atoms with van der Waals surface area (Å²) in [5.41, 5.74) is 0.838. The topological polar surface area (TPSA) is 73.5 Å². The van der Waals surface area contributed by atoms with Crippen molar-refractivity contribution in [2.75, 3.05) is 18.4 Å². The minimum atomic E-state index is -0.0702. The Morgan fingerprint density at radius 2 is 1.54 bits per heavy atom. The molecule has 1 aliphatic heterocycles. The van der Waals surface area contributed by atoms with Gasteiger partial charge in [-0.15, -0.1) is 0 Å². The third-order valence-corrected chi connectivity index (χ3v) is 6.11. The standard InChI is InChI=1S/C19H27IN4O2/c20-16-8-4-5-9-17(16)23-19(26)24-12-10-15(11-13-24)22-18(25)21-14-6-2-1-3-7-14/h4-5,8-9,14-15H,1-3,6-7,10-13H2,(H,23,26)(H2,21,22,25). The molecule has 2 fully saturated rings. The Hall–Kier alpha value is -1.51. The molecule has 2 aliphatic rings. The lowest BCUT2D eigenvalue weighted by Crippen LogP contribution is -2.51. The molecule has 1 saturated carbocycles. The minimum Gasteiger partial charge on any atom is -0.335 e.